The second kappa shape index (κ2) is 15.3. The zero-order chi connectivity index (χ0) is 25.5. The van der Waals surface area contributed by atoms with Gasteiger partial charge in [0.1, 0.15) is 22.6 Å². The molecule has 0 spiro atoms. The summed E-state index contributed by atoms with van der Waals surface area (Å²) in [7, 11) is 0. The van der Waals surface area contributed by atoms with Crippen LogP contribution in [-0.2, 0) is 19.1 Å². The van der Waals surface area contributed by atoms with Crippen molar-refractivity contribution < 1.29 is 38.1 Å². The molecule has 2 aromatic carbocycles. The molecule has 0 unspecified atom stereocenters. The van der Waals surface area contributed by atoms with E-state index in [0.29, 0.717) is 13.2 Å². The van der Waals surface area contributed by atoms with Crippen LogP contribution in [0.25, 0.3) is 0 Å². The van der Waals surface area contributed by atoms with Gasteiger partial charge in [-0.15, -0.1) is 0 Å². The van der Waals surface area contributed by atoms with Gasteiger partial charge in [-0.25, -0.2) is 9.59 Å². The molecule has 0 radical (unpaired) electrons. The second-order valence-corrected chi connectivity index (χ2v) is 7.93. The third-order valence-electron chi connectivity index (χ3n) is 4.98. The predicted molar refractivity (Wildman–Crippen MR) is 128 cm³/mol. The highest BCUT2D eigenvalue weighted by molar-refractivity contribution is 5.94. The van der Waals surface area contributed by atoms with E-state index in [1.807, 2.05) is 0 Å². The number of benzene rings is 2. The first-order valence-electron chi connectivity index (χ1n) is 11.8. The number of unbranched alkanes of at least 4 members (excludes halogenated alkanes) is 6. The quantitative estimate of drug-likeness (QED) is 0.203. The summed E-state index contributed by atoms with van der Waals surface area (Å²) in [6, 6.07) is 13.0. The molecule has 35 heavy (non-hydrogen) atoms. The third-order valence-corrected chi connectivity index (χ3v) is 4.98. The van der Waals surface area contributed by atoms with E-state index in [0.717, 1.165) is 44.9 Å². The molecule has 2 aromatic rings. The number of hydrogen-bond donors (Lipinski definition) is 0. The van der Waals surface area contributed by atoms with Gasteiger partial charge in [-0.2, -0.15) is 0 Å². The molecule has 0 aliphatic carbocycles. The Balaban J connectivity index is 1.53. The maximum atomic E-state index is 12.2. The summed E-state index contributed by atoms with van der Waals surface area (Å²) < 4.78 is 20.7. The van der Waals surface area contributed by atoms with Crippen LogP contribution < -0.4 is 9.47 Å². The van der Waals surface area contributed by atoms with Gasteiger partial charge in [0.05, 0.1) is 13.2 Å². The highest BCUT2D eigenvalue weighted by Gasteiger charge is 2.15. The topological polar surface area (TPSA) is 105 Å². The number of carbonyl (C=O) groups is 4. The largest absolute Gasteiger partial charge is 0.462 e. The SMILES string of the molecule is CC(=O)Oc1ccccc1C(=O)OCCCCCCCCCOC(=O)c1ccccc1OC(C)=O. The van der Waals surface area contributed by atoms with Gasteiger partial charge in [0, 0.05) is 13.8 Å². The summed E-state index contributed by atoms with van der Waals surface area (Å²) in [6.45, 7) is 3.17. The van der Waals surface area contributed by atoms with Crippen LogP contribution in [0.1, 0.15) is 79.5 Å². The maximum Gasteiger partial charge on any atom is 0.341 e. The molecule has 0 aliphatic heterocycles. The van der Waals surface area contributed by atoms with Crippen LogP contribution in [0.4, 0.5) is 0 Å². The third kappa shape index (κ3) is 10.4. The molecule has 8 nitrogen and oxygen atoms in total. The van der Waals surface area contributed by atoms with Crippen molar-refractivity contribution in [2.75, 3.05) is 13.2 Å². The van der Waals surface area contributed by atoms with Gasteiger partial charge in [0.2, 0.25) is 0 Å². The van der Waals surface area contributed by atoms with Crippen molar-refractivity contribution in [3.63, 3.8) is 0 Å². The van der Waals surface area contributed by atoms with Crippen molar-refractivity contribution in [1.29, 1.82) is 0 Å². The molecule has 0 saturated heterocycles. The molecular weight excluding hydrogens is 452 g/mol. The summed E-state index contributed by atoms with van der Waals surface area (Å²) in [4.78, 5) is 46.7. The van der Waals surface area contributed by atoms with Crippen molar-refractivity contribution in [3.05, 3.63) is 59.7 Å². The van der Waals surface area contributed by atoms with E-state index in [2.05, 4.69) is 0 Å². The molecule has 0 aliphatic rings. The van der Waals surface area contributed by atoms with Gasteiger partial charge in [0.25, 0.3) is 0 Å². The Morgan fingerprint density at radius 1 is 0.543 bits per heavy atom. The fourth-order valence-electron chi connectivity index (χ4n) is 3.33. The molecule has 8 heteroatoms. The fourth-order valence-corrected chi connectivity index (χ4v) is 3.33. The number of hydrogen-bond acceptors (Lipinski definition) is 8. The van der Waals surface area contributed by atoms with Crippen molar-refractivity contribution in [2.45, 2.75) is 58.8 Å². The van der Waals surface area contributed by atoms with Crippen LogP contribution >= 0.6 is 0 Å². The Hall–Kier alpha value is -3.68. The molecule has 0 aromatic heterocycles. The zero-order valence-electron chi connectivity index (χ0n) is 20.2. The van der Waals surface area contributed by atoms with Gasteiger partial charge in [-0.05, 0) is 37.1 Å². The summed E-state index contributed by atoms with van der Waals surface area (Å²) in [5, 5.41) is 0. The first-order valence-corrected chi connectivity index (χ1v) is 11.8. The van der Waals surface area contributed by atoms with Gasteiger partial charge in [0.15, 0.2) is 0 Å². The fraction of sp³-hybridized carbons (Fsp3) is 0.407. The standard InChI is InChI=1S/C27H32O8/c1-20(28)34-24-16-10-8-14-22(24)26(30)32-18-12-6-4-3-5-7-13-19-33-27(31)23-15-9-11-17-25(23)35-21(2)29/h8-11,14-17H,3-7,12-13,18-19H2,1-2H3. The molecule has 0 N–H and O–H groups in total. The molecule has 0 atom stereocenters. The Bertz CT molecular complexity index is 919. The van der Waals surface area contributed by atoms with E-state index in [1.165, 1.54) is 13.8 Å². The van der Waals surface area contributed by atoms with Gasteiger partial charge in [-0.3, -0.25) is 9.59 Å². The van der Waals surface area contributed by atoms with Crippen LogP contribution in [0.15, 0.2) is 48.5 Å². The minimum absolute atomic E-state index is 0.198. The molecule has 0 saturated carbocycles. The number of ether oxygens (including phenoxy) is 4. The monoisotopic (exact) mass is 484 g/mol. The highest BCUT2D eigenvalue weighted by Crippen LogP contribution is 2.20. The minimum atomic E-state index is -0.508. The average molecular weight is 485 g/mol. The summed E-state index contributed by atoms with van der Waals surface area (Å²) in [6.07, 6.45) is 6.42. The van der Waals surface area contributed by atoms with Crippen LogP contribution in [0, 0.1) is 0 Å². The van der Waals surface area contributed by atoms with Crippen LogP contribution in [-0.4, -0.2) is 37.1 Å². The molecule has 0 amide bonds. The number of esters is 4. The smallest absolute Gasteiger partial charge is 0.341 e. The van der Waals surface area contributed by atoms with E-state index in [-0.39, 0.29) is 22.6 Å². The van der Waals surface area contributed by atoms with E-state index >= 15 is 0 Å². The predicted octanol–water partition coefficient (Wildman–Crippen LogP) is 5.28. The number of rotatable bonds is 14. The highest BCUT2D eigenvalue weighted by atomic mass is 16.6. The Morgan fingerprint density at radius 2 is 0.886 bits per heavy atom. The van der Waals surface area contributed by atoms with Gasteiger partial charge in [-0.1, -0.05) is 56.4 Å². The second-order valence-electron chi connectivity index (χ2n) is 7.93. The van der Waals surface area contributed by atoms with Crippen molar-refractivity contribution in [1.82, 2.24) is 0 Å². The van der Waals surface area contributed by atoms with E-state index in [4.69, 9.17) is 18.9 Å². The first-order chi connectivity index (χ1) is 16.9. The summed E-state index contributed by atoms with van der Waals surface area (Å²) >= 11 is 0. The molecule has 0 fully saturated rings. The lowest BCUT2D eigenvalue weighted by Gasteiger charge is -2.09. The summed E-state index contributed by atoms with van der Waals surface area (Å²) in [5.41, 5.74) is 0.469. The molecular formula is C27H32O8. The van der Waals surface area contributed by atoms with Crippen LogP contribution in [0.2, 0.25) is 0 Å². The lowest BCUT2D eigenvalue weighted by molar-refractivity contribution is -0.132. The Labute approximate surface area is 205 Å². The zero-order valence-corrected chi connectivity index (χ0v) is 20.2. The van der Waals surface area contributed by atoms with E-state index in [1.54, 1.807) is 48.5 Å². The van der Waals surface area contributed by atoms with Crippen molar-refractivity contribution in [2.24, 2.45) is 0 Å². The lowest BCUT2D eigenvalue weighted by Crippen LogP contribution is -2.11. The summed E-state index contributed by atoms with van der Waals surface area (Å²) in [5.74, 6) is -1.60. The average Bonchev–Trinajstić information content (AvgIpc) is 2.82. The van der Waals surface area contributed by atoms with Crippen molar-refractivity contribution in [3.8, 4) is 11.5 Å². The minimum Gasteiger partial charge on any atom is -0.462 e. The van der Waals surface area contributed by atoms with Gasteiger partial charge >= 0.3 is 23.9 Å². The number of para-hydroxylation sites is 2. The molecule has 0 heterocycles. The van der Waals surface area contributed by atoms with E-state index < -0.39 is 23.9 Å². The van der Waals surface area contributed by atoms with Crippen LogP contribution in [0.5, 0.6) is 11.5 Å². The number of carbonyl (C=O) groups excluding carboxylic acids is 4. The van der Waals surface area contributed by atoms with Crippen LogP contribution in [0.3, 0.4) is 0 Å². The first kappa shape index (κ1) is 27.6. The lowest BCUT2D eigenvalue weighted by atomic mass is 10.1. The maximum absolute atomic E-state index is 12.2. The van der Waals surface area contributed by atoms with Gasteiger partial charge < -0.3 is 18.9 Å². The molecule has 2 rings (SSSR count). The Kier molecular flexibility index (Phi) is 12.0. The Morgan fingerprint density at radius 3 is 1.26 bits per heavy atom. The molecule has 0 bridgehead atoms. The molecule has 188 valence electrons. The van der Waals surface area contributed by atoms with Crippen molar-refractivity contribution >= 4 is 23.9 Å². The normalized spacial score (nSPS) is 10.3. The van der Waals surface area contributed by atoms with E-state index in [9.17, 15) is 19.2 Å².